The van der Waals surface area contributed by atoms with Crippen LogP contribution in [-0.2, 0) is 12.6 Å². The average Bonchev–Trinajstić information content (AvgIpc) is 2.76. The molecule has 0 fully saturated rings. The maximum Gasteiger partial charge on any atom is 0.417 e. The highest BCUT2D eigenvalue weighted by atomic mass is 35.5. The molecule has 0 amide bonds. The Balaban J connectivity index is 2.40. The summed E-state index contributed by atoms with van der Waals surface area (Å²) in [6, 6.07) is 0.743. The van der Waals surface area contributed by atoms with Crippen LogP contribution in [0.4, 0.5) is 13.2 Å². The second-order valence-corrected chi connectivity index (χ2v) is 5.41. The summed E-state index contributed by atoms with van der Waals surface area (Å²) in [6.45, 7) is 3.61. The van der Waals surface area contributed by atoms with Gasteiger partial charge in [0.2, 0.25) is 11.8 Å². The van der Waals surface area contributed by atoms with E-state index in [9.17, 15) is 13.2 Å². The summed E-state index contributed by atoms with van der Waals surface area (Å²) >= 11 is 10.7. The van der Waals surface area contributed by atoms with Crippen molar-refractivity contribution in [2.45, 2.75) is 26.4 Å². The van der Waals surface area contributed by atoms with Crippen LogP contribution in [0.25, 0.3) is 0 Å². The minimum atomic E-state index is -4.53. The lowest BCUT2D eigenvalue weighted by molar-refractivity contribution is -0.137. The minimum absolute atomic E-state index is 0.0264. The topological polar surface area (TPSA) is 66.0 Å². The van der Waals surface area contributed by atoms with E-state index in [0.717, 1.165) is 6.07 Å². The number of hydrogen-bond donors (Lipinski definition) is 1. The Bertz CT molecular complexity index is 760. The zero-order chi connectivity index (χ0) is 17.4. The van der Waals surface area contributed by atoms with Gasteiger partial charge in [-0.05, 0) is 31.6 Å². The van der Waals surface area contributed by atoms with Gasteiger partial charge in [-0.3, -0.25) is 0 Å². The summed E-state index contributed by atoms with van der Waals surface area (Å²) in [7, 11) is 0. The number of alkyl halides is 3. The Morgan fingerprint density at radius 3 is 2.57 bits per heavy atom. The normalized spacial score (nSPS) is 11.6. The van der Waals surface area contributed by atoms with Gasteiger partial charge in [-0.15, -0.1) is 5.10 Å². The van der Waals surface area contributed by atoms with Crippen LogP contribution in [0.3, 0.4) is 0 Å². The summed E-state index contributed by atoms with van der Waals surface area (Å²) < 4.78 is 44.6. The van der Waals surface area contributed by atoms with E-state index < -0.39 is 11.7 Å². The number of ether oxygens (including phenoxy) is 1. The van der Waals surface area contributed by atoms with Crippen LogP contribution in [0, 0.1) is 6.92 Å². The number of halogens is 4. The van der Waals surface area contributed by atoms with Crippen molar-refractivity contribution in [2.75, 3.05) is 0 Å². The fraction of sp³-hybridized carbons (Fsp3) is 0.308. The number of thiocarbonyl (C=S) groups is 1. The molecule has 2 N–H and O–H groups in total. The van der Waals surface area contributed by atoms with Gasteiger partial charge in [0.1, 0.15) is 5.02 Å². The van der Waals surface area contributed by atoms with E-state index in [0.29, 0.717) is 23.9 Å². The largest absolute Gasteiger partial charge is 0.417 e. The van der Waals surface area contributed by atoms with Crippen molar-refractivity contribution in [3.05, 3.63) is 34.1 Å². The molecule has 2 aromatic rings. The Hall–Kier alpha value is -1.87. The van der Waals surface area contributed by atoms with Gasteiger partial charge in [-0.2, -0.15) is 13.2 Å². The van der Waals surface area contributed by atoms with E-state index in [1.165, 1.54) is 4.68 Å². The van der Waals surface area contributed by atoms with Gasteiger partial charge < -0.3 is 10.5 Å². The quantitative estimate of drug-likeness (QED) is 0.841. The summed E-state index contributed by atoms with van der Waals surface area (Å²) in [5.74, 6) is -0.0334. The molecule has 2 aromatic heterocycles. The van der Waals surface area contributed by atoms with Crippen LogP contribution < -0.4 is 10.5 Å². The first-order chi connectivity index (χ1) is 10.6. The van der Waals surface area contributed by atoms with E-state index in [2.05, 4.69) is 10.1 Å². The third kappa shape index (κ3) is 3.56. The predicted octanol–water partition coefficient (Wildman–Crippen LogP) is 3.71. The van der Waals surface area contributed by atoms with Gasteiger partial charge in [0, 0.05) is 11.8 Å². The Morgan fingerprint density at radius 1 is 1.43 bits per heavy atom. The average molecular weight is 365 g/mol. The number of nitrogens with zero attached hydrogens (tertiary/aromatic N) is 3. The molecule has 0 spiro atoms. The van der Waals surface area contributed by atoms with Crippen LogP contribution in [0.1, 0.15) is 23.7 Å². The van der Waals surface area contributed by atoms with Gasteiger partial charge in [-0.25, -0.2) is 9.67 Å². The molecule has 0 aromatic carbocycles. The van der Waals surface area contributed by atoms with Crippen molar-refractivity contribution in [1.29, 1.82) is 0 Å². The SMILES string of the molecule is CCc1c(Oc2ncc(C(F)(F)F)cc2Cl)nn(C(N)=S)c1C. The summed E-state index contributed by atoms with van der Waals surface area (Å²) in [6.07, 6.45) is -3.33. The molecule has 2 heterocycles. The van der Waals surface area contributed by atoms with Crippen LogP contribution in [-0.4, -0.2) is 19.9 Å². The molecule has 23 heavy (non-hydrogen) atoms. The highest BCUT2D eigenvalue weighted by molar-refractivity contribution is 7.80. The zero-order valence-corrected chi connectivity index (χ0v) is 13.7. The van der Waals surface area contributed by atoms with Crippen LogP contribution in [0.15, 0.2) is 12.3 Å². The molecular formula is C13H12ClF3N4OS. The summed E-state index contributed by atoms with van der Waals surface area (Å²) in [5, 5.41) is 3.85. The fourth-order valence-corrected chi connectivity index (χ4v) is 2.34. The van der Waals surface area contributed by atoms with E-state index in [1.54, 1.807) is 6.92 Å². The molecule has 0 aliphatic heterocycles. The second-order valence-electron chi connectivity index (χ2n) is 4.58. The van der Waals surface area contributed by atoms with Gasteiger partial charge in [0.05, 0.1) is 11.3 Å². The maximum absolute atomic E-state index is 12.6. The second kappa shape index (κ2) is 6.32. The lowest BCUT2D eigenvalue weighted by Gasteiger charge is -2.09. The molecule has 0 bridgehead atoms. The van der Waals surface area contributed by atoms with Crippen molar-refractivity contribution in [1.82, 2.24) is 14.8 Å². The van der Waals surface area contributed by atoms with E-state index in [4.69, 9.17) is 34.3 Å². The van der Waals surface area contributed by atoms with Crippen molar-refractivity contribution in [2.24, 2.45) is 5.73 Å². The fourth-order valence-electron chi connectivity index (χ4n) is 1.96. The standard InChI is InChI=1S/C13H12ClF3N4OS/c1-3-8-6(2)21(12(18)23)20-10(8)22-11-9(14)4-7(5-19-11)13(15,16)17/h4-5H,3H2,1-2H3,(H2,18,23). The number of hydrogen-bond acceptors (Lipinski definition) is 4. The van der Waals surface area contributed by atoms with Gasteiger partial charge in [0.25, 0.3) is 0 Å². The first-order valence-corrected chi connectivity index (χ1v) is 7.22. The minimum Gasteiger partial charge on any atom is -0.417 e. The Labute approximate surface area is 140 Å². The van der Waals surface area contributed by atoms with Crippen molar-refractivity contribution >= 4 is 28.9 Å². The van der Waals surface area contributed by atoms with Crippen LogP contribution in [0.5, 0.6) is 11.8 Å². The number of rotatable bonds is 3. The lowest BCUT2D eigenvalue weighted by atomic mass is 10.2. The number of nitrogens with two attached hydrogens (primary N) is 1. The molecule has 0 unspecified atom stereocenters. The number of pyridine rings is 1. The maximum atomic E-state index is 12.6. The van der Waals surface area contributed by atoms with E-state index in [-0.39, 0.29) is 21.9 Å². The van der Waals surface area contributed by atoms with Crippen molar-refractivity contribution < 1.29 is 17.9 Å². The van der Waals surface area contributed by atoms with Crippen LogP contribution >= 0.6 is 23.8 Å². The molecule has 10 heteroatoms. The van der Waals surface area contributed by atoms with Gasteiger partial charge in [0.15, 0.2) is 5.11 Å². The molecule has 0 aliphatic carbocycles. The molecule has 2 rings (SSSR count). The molecule has 0 saturated carbocycles. The van der Waals surface area contributed by atoms with Crippen molar-refractivity contribution in [3.8, 4) is 11.8 Å². The smallest absolute Gasteiger partial charge is 0.417 e. The monoisotopic (exact) mass is 364 g/mol. The third-order valence-electron chi connectivity index (χ3n) is 3.09. The molecule has 0 aliphatic rings. The lowest BCUT2D eigenvalue weighted by Crippen LogP contribution is -2.21. The van der Waals surface area contributed by atoms with Crippen LogP contribution in [0.2, 0.25) is 5.02 Å². The van der Waals surface area contributed by atoms with Gasteiger partial charge >= 0.3 is 6.18 Å². The molecule has 5 nitrogen and oxygen atoms in total. The third-order valence-corrected chi connectivity index (χ3v) is 3.54. The Morgan fingerprint density at radius 2 is 2.09 bits per heavy atom. The first-order valence-electron chi connectivity index (χ1n) is 6.44. The molecule has 124 valence electrons. The number of aromatic nitrogens is 3. The Kier molecular flexibility index (Phi) is 4.81. The highest BCUT2D eigenvalue weighted by Crippen LogP contribution is 2.35. The summed E-state index contributed by atoms with van der Waals surface area (Å²) in [5.41, 5.74) is 5.97. The highest BCUT2D eigenvalue weighted by Gasteiger charge is 2.32. The molecule has 0 atom stereocenters. The van der Waals surface area contributed by atoms with Gasteiger partial charge in [-0.1, -0.05) is 18.5 Å². The van der Waals surface area contributed by atoms with E-state index in [1.807, 2.05) is 6.92 Å². The summed E-state index contributed by atoms with van der Waals surface area (Å²) in [4.78, 5) is 3.61. The molecule has 0 saturated heterocycles. The predicted molar refractivity (Wildman–Crippen MR) is 82.8 cm³/mol. The first kappa shape index (κ1) is 17.5. The molecular weight excluding hydrogens is 353 g/mol. The molecule has 0 radical (unpaired) electrons. The van der Waals surface area contributed by atoms with Crippen molar-refractivity contribution in [3.63, 3.8) is 0 Å². The zero-order valence-electron chi connectivity index (χ0n) is 12.1. The van der Waals surface area contributed by atoms with E-state index >= 15 is 0 Å².